The van der Waals surface area contributed by atoms with Gasteiger partial charge in [0.15, 0.2) is 0 Å². The predicted octanol–water partition coefficient (Wildman–Crippen LogP) is 4.05. The fourth-order valence-electron chi connectivity index (χ4n) is 5.75. The van der Waals surface area contributed by atoms with Gasteiger partial charge in [0.25, 0.3) is 0 Å². The first-order chi connectivity index (χ1) is 16.3. The number of hydrogen-bond acceptors (Lipinski definition) is 6. The Kier molecular flexibility index (Phi) is 7.74. The normalized spacial score (nSPS) is 23.5. The second-order valence-electron chi connectivity index (χ2n) is 10.1. The Balaban J connectivity index is 1.07. The van der Waals surface area contributed by atoms with Crippen molar-refractivity contribution in [1.82, 2.24) is 19.8 Å². The number of benzene rings is 1. The summed E-state index contributed by atoms with van der Waals surface area (Å²) in [4.78, 5) is 17.2. The Morgan fingerprint density at radius 3 is 2.42 bits per heavy atom. The molecule has 0 bridgehead atoms. The lowest BCUT2D eigenvalue weighted by Gasteiger charge is -2.36. The molecule has 2 aromatic rings. The average molecular weight is 449 g/mol. The highest BCUT2D eigenvalue weighted by molar-refractivity contribution is 5.43. The molecular formula is C27H40N6. The number of hydrogen-bond donors (Lipinski definition) is 1. The van der Waals surface area contributed by atoms with Gasteiger partial charge in [0.05, 0.1) is 0 Å². The van der Waals surface area contributed by atoms with Crippen LogP contribution in [0.4, 0.5) is 11.8 Å². The van der Waals surface area contributed by atoms with Gasteiger partial charge < -0.3 is 15.1 Å². The van der Waals surface area contributed by atoms with Crippen LogP contribution in [0.25, 0.3) is 0 Å². The van der Waals surface area contributed by atoms with Gasteiger partial charge in [-0.25, -0.2) is 4.98 Å². The molecule has 33 heavy (non-hydrogen) atoms. The lowest BCUT2D eigenvalue weighted by atomic mass is 10.0. The largest absolute Gasteiger partial charge is 0.356 e. The van der Waals surface area contributed by atoms with E-state index in [4.69, 9.17) is 4.98 Å². The van der Waals surface area contributed by atoms with E-state index >= 15 is 0 Å². The molecule has 5 rings (SSSR count). The zero-order chi connectivity index (χ0) is 22.3. The number of nitrogens with one attached hydrogen (secondary N) is 1. The van der Waals surface area contributed by atoms with Gasteiger partial charge in [0.2, 0.25) is 5.95 Å². The third kappa shape index (κ3) is 6.24. The van der Waals surface area contributed by atoms with E-state index in [-0.39, 0.29) is 0 Å². The molecule has 0 amide bonds. The van der Waals surface area contributed by atoms with E-state index in [1.807, 2.05) is 6.20 Å². The van der Waals surface area contributed by atoms with Crippen molar-refractivity contribution >= 4 is 11.8 Å². The molecule has 3 aliphatic rings. The van der Waals surface area contributed by atoms with E-state index in [9.17, 15) is 0 Å². The third-order valence-corrected chi connectivity index (χ3v) is 7.76. The summed E-state index contributed by atoms with van der Waals surface area (Å²) in [7, 11) is 0. The zero-order valence-electron chi connectivity index (χ0n) is 20.0. The molecule has 4 heterocycles. The minimum absolute atomic E-state index is 0.459. The van der Waals surface area contributed by atoms with Gasteiger partial charge in [-0.2, -0.15) is 4.98 Å². The Labute approximate surface area is 199 Å². The number of nitrogens with zero attached hydrogens (tertiary/aromatic N) is 5. The molecule has 1 aromatic carbocycles. The van der Waals surface area contributed by atoms with Gasteiger partial charge in [-0.05, 0) is 63.2 Å². The van der Waals surface area contributed by atoms with Crippen molar-refractivity contribution in [3.8, 4) is 0 Å². The van der Waals surface area contributed by atoms with Crippen LogP contribution in [0, 0.1) is 0 Å². The molecule has 3 fully saturated rings. The van der Waals surface area contributed by atoms with Gasteiger partial charge in [-0.3, -0.25) is 4.90 Å². The zero-order valence-corrected chi connectivity index (χ0v) is 20.0. The average Bonchev–Trinajstić information content (AvgIpc) is 3.15. The molecule has 3 aliphatic heterocycles. The maximum absolute atomic E-state index is 4.87. The first-order valence-corrected chi connectivity index (χ1v) is 13.2. The highest BCUT2D eigenvalue weighted by Gasteiger charge is 2.31. The van der Waals surface area contributed by atoms with E-state index in [1.54, 1.807) is 0 Å². The van der Waals surface area contributed by atoms with Crippen molar-refractivity contribution in [3.05, 3.63) is 48.2 Å². The Morgan fingerprint density at radius 2 is 1.64 bits per heavy atom. The standard InChI is InChI=1S/C27H40N6/c1-2-7-17-32(16-6-1)26-10-15-28-27(30-26)29-24-12-21-33(22-24)25-13-19-31(20-14-25)18-11-23-8-4-3-5-9-23/h3-5,8-10,15,24-25H,1-2,6-7,11-14,16-22H2,(H,28,29,30). The van der Waals surface area contributed by atoms with Crippen LogP contribution in [0.3, 0.4) is 0 Å². The number of rotatable bonds is 7. The molecular weight excluding hydrogens is 408 g/mol. The van der Waals surface area contributed by atoms with Crippen LogP contribution in [-0.4, -0.2) is 77.7 Å². The summed E-state index contributed by atoms with van der Waals surface area (Å²) in [5.41, 5.74) is 1.45. The van der Waals surface area contributed by atoms with Crippen LogP contribution in [0.1, 0.15) is 50.5 Å². The highest BCUT2D eigenvalue weighted by atomic mass is 15.3. The lowest BCUT2D eigenvalue weighted by molar-refractivity contribution is 0.127. The van der Waals surface area contributed by atoms with Crippen LogP contribution in [0.2, 0.25) is 0 Å². The van der Waals surface area contributed by atoms with E-state index in [0.29, 0.717) is 6.04 Å². The molecule has 0 aliphatic carbocycles. The Morgan fingerprint density at radius 1 is 0.848 bits per heavy atom. The topological polar surface area (TPSA) is 47.5 Å². The van der Waals surface area contributed by atoms with Crippen LogP contribution in [-0.2, 0) is 6.42 Å². The summed E-state index contributed by atoms with van der Waals surface area (Å²) in [6.07, 6.45) is 12.1. The number of piperidine rings is 1. The summed E-state index contributed by atoms with van der Waals surface area (Å²) in [5.74, 6) is 1.89. The first-order valence-electron chi connectivity index (χ1n) is 13.2. The second-order valence-corrected chi connectivity index (χ2v) is 10.1. The predicted molar refractivity (Wildman–Crippen MR) is 136 cm³/mol. The van der Waals surface area contributed by atoms with Crippen molar-refractivity contribution < 1.29 is 0 Å². The highest BCUT2D eigenvalue weighted by Crippen LogP contribution is 2.24. The summed E-state index contributed by atoms with van der Waals surface area (Å²) in [5, 5.41) is 3.65. The number of likely N-dealkylation sites (tertiary alicyclic amines) is 2. The molecule has 0 spiro atoms. The van der Waals surface area contributed by atoms with Gasteiger partial charge in [-0.15, -0.1) is 0 Å². The molecule has 1 aromatic heterocycles. The molecule has 3 saturated heterocycles. The van der Waals surface area contributed by atoms with Crippen molar-refractivity contribution in [2.75, 3.05) is 56.0 Å². The van der Waals surface area contributed by atoms with Crippen LogP contribution >= 0.6 is 0 Å². The summed E-state index contributed by atoms with van der Waals surface area (Å²) in [6.45, 7) is 8.20. The van der Waals surface area contributed by atoms with Gasteiger partial charge >= 0.3 is 0 Å². The van der Waals surface area contributed by atoms with Crippen molar-refractivity contribution in [2.24, 2.45) is 0 Å². The minimum Gasteiger partial charge on any atom is -0.356 e. The van der Waals surface area contributed by atoms with Crippen LogP contribution in [0.5, 0.6) is 0 Å². The first kappa shape index (κ1) is 22.6. The van der Waals surface area contributed by atoms with Crippen molar-refractivity contribution in [1.29, 1.82) is 0 Å². The molecule has 0 saturated carbocycles. The monoisotopic (exact) mass is 448 g/mol. The van der Waals surface area contributed by atoms with E-state index in [0.717, 1.165) is 43.9 Å². The molecule has 1 atom stereocenters. The molecule has 1 N–H and O–H groups in total. The fourth-order valence-corrected chi connectivity index (χ4v) is 5.75. The molecule has 178 valence electrons. The van der Waals surface area contributed by atoms with Crippen molar-refractivity contribution in [2.45, 2.75) is 63.5 Å². The maximum Gasteiger partial charge on any atom is 0.224 e. The van der Waals surface area contributed by atoms with E-state index in [2.05, 4.69) is 61.4 Å². The van der Waals surface area contributed by atoms with Gasteiger partial charge in [-0.1, -0.05) is 43.2 Å². The van der Waals surface area contributed by atoms with Crippen LogP contribution in [0.15, 0.2) is 42.6 Å². The maximum atomic E-state index is 4.87. The van der Waals surface area contributed by atoms with Crippen molar-refractivity contribution in [3.63, 3.8) is 0 Å². The minimum atomic E-state index is 0.459. The Hall–Kier alpha value is -2.18. The molecule has 6 nitrogen and oxygen atoms in total. The van der Waals surface area contributed by atoms with Gasteiger partial charge in [0, 0.05) is 51.0 Å². The lowest BCUT2D eigenvalue weighted by Crippen LogP contribution is -2.45. The fraction of sp³-hybridized carbons (Fsp3) is 0.630. The van der Waals surface area contributed by atoms with Gasteiger partial charge in [0.1, 0.15) is 5.82 Å². The smallest absolute Gasteiger partial charge is 0.224 e. The van der Waals surface area contributed by atoms with E-state index < -0.39 is 0 Å². The Bertz CT molecular complexity index is 843. The summed E-state index contributed by atoms with van der Waals surface area (Å²) < 4.78 is 0. The second kappa shape index (κ2) is 11.3. The number of aromatic nitrogens is 2. The molecule has 6 heteroatoms. The van der Waals surface area contributed by atoms with E-state index in [1.165, 1.54) is 76.7 Å². The molecule has 1 unspecified atom stereocenters. The third-order valence-electron chi connectivity index (χ3n) is 7.76. The number of anilines is 2. The quantitative estimate of drug-likeness (QED) is 0.690. The van der Waals surface area contributed by atoms with Crippen LogP contribution < -0.4 is 10.2 Å². The molecule has 0 radical (unpaired) electrons. The summed E-state index contributed by atoms with van der Waals surface area (Å²) in [6, 6.07) is 14.2. The SMILES string of the molecule is c1ccc(CCN2CCC(N3CCC(Nc4nccc(N5CCCCCC5)n4)C3)CC2)cc1. The summed E-state index contributed by atoms with van der Waals surface area (Å²) >= 11 is 0.